The Morgan fingerprint density at radius 1 is 1.50 bits per heavy atom. The normalized spacial score (nSPS) is 18.2. The summed E-state index contributed by atoms with van der Waals surface area (Å²) in [6.45, 7) is 7.87. The Hall–Kier alpha value is -1.08. The topological polar surface area (TPSA) is 56.1 Å². The molecule has 0 aliphatic carbocycles. The van der Waals surface area contributed by atoms with Crippen molar-refractivity contribution in [1.29, 1.82) is 5.26 Å². The Balaban J connectivity index is 2.28. The van der Waals surface area contributed by atoms with Gasteiger partial charge in [-0.05, 0) is 26.7 Å². The van der Waals surface area contributed by atoms with Crippen molar-refractivity contribution in [3.05, 3.63) is 0 Å². The molecule has 4 heteroatoms. The van der Waals surface area contributed by atoms with Crippen LogP contribution in [0.3, 0.4) is 0 Å². The van der Waals surface area contributed by atoms with Crippen molar-refractivity contribution < 1.29 is 4.79 Å². The molecule has 0 radical (unpaired) electrons. The van der Waals surface area contributed by atoms with Gasteiger partial charge in [0.25, 0.3) is 0 Å². The van der Waals surface area contributed by atoms with Gasteiger partial charge in [-0.15, -0.1) is 0 Å². The summed E-state index contributed by atoms with van der Waals surface area (Å²) in [7, 11) is 0. The molecule has 0 spiro atoms. The third-order valence-electron chi connectivity index (χ3n) is 3.08. The number of hydrogen-bond acceptors (Lipinski definition) is 3. The highest BCUT2D eigenvalue weighted by Gasteiger charge is 2.23. The van der Waals surface area contributed by atoms with E-state index in [1.165, 1.54) is 0 Å². The van der Waals surface area contributed by atoms with Gasteiger partial charge < -0.3 is 10.2 Å². The molecule has 90 valence electrons. The van der Waals surface area contributed by atoms with Gasteiger partial charge in [0.05, 0.1) is 11.5 Å². The van der Waals surface area contributed by atoms with Crippen molar-refractivity contribution in [2.45, 2.75) is 39.7 Å². The lowest BCUT2D eigenvalue weighted by molar-refractivity contribution is -0.129. The van der Waals surface area contributed by atoms with E-state index in [2.05, 4.69) is 11.4 Å². The largest absolute Gasteiger partial charge is 0.343 e. The zero-order chi connectivity index (χ0) is 12.2. The smallest absolute Gasteiger partial charge is 0.219 e. The molecule has 0 atom stereocenters. The second-order valence-corrected chi connectivity index (χ2v) is 5.16. The minimum atomic E-state index is -0.308. The van der Waals surface area contributed by atoms with Crippen LogP contribution >= 0.6 is 0 Å². The van der Waals surface area contributed by atoms with E-state index >= 15 is 0 Å². The number of carbonyl (C=O) groups excluding carboxylic acids is 1. The molecule has 1 N–H and O–H groups in total. The third kappa shape index (κ3) is 3.82. The van der Waals surface area contributed by atoms with Crippen molar-refractivity contribution in [2.75, 3.05) is 19.6 Å². The van der Waals surface area contributed by atoms with Gasteiger partial charge in [0.2, 0.25) is 5.91 Å². The summed E-state index contributed by atoms with van der Waals surface area (Å²) in [5.74, 6) is 0.163. The number of piperidine rings is 1. The van der Waals surface area contributed by atoms with Gasteiger partial charge in [0.1, 0.15) is 0 Å². The van der Waals surface area contributed by atoms with Crippen LogP contribution in [0.15, 0.2) is 0 Å². The van der Waals surface area contributed by atoms with Crippen LogP contribution in [-0.2, 0) is 4.79 Å². The van der Waals surface area contributed by atoms with Crippen molar-refractivity contribution >= 4 is 5.91 Å². The Bertz CT molecular complexity index is 285. The molecule has 1 aliphatic heterocycles. The van der Waals surface area contributed by atoms with E-state index in [1.54, 1.807) is 6.92 Å². The molecule has 1 fully saturated rings. The van der Waals surface area contributed by atoms with Crippen LogP contribution in [-0.4, -0.2) is 36.5 Å². The van der Waals surface area contributed by atoms with E-state index in [9.17, 15) is 4.79 Å². The first-order valence-corrected chi connectivity index (χ1v) is 5.85. The van der Waals surface area contributed by atoms with Crippen LogP contribution in [0.1, 0.15) is 33.6 Å². The monoisotopic (exact) mass is 223 g/mol. The van der Waals surface area contributed by atoms with Crippen molar-refractivity contribution in [3.8, 4) is 6.07 Å². The molecule has 0 aromatic heterocycles. The van der Waals surface area contributed by atoms with Crippen LogP contribution in [0.2, 0.25) is 0 Å². The lowest BCUT2D eigenvalue weighted by Crippen LogP contribution is -2.46. The SMILES string of the molecule is CC(=O)N1CCC(NCC(C)(C)C#N)CC1. The van der Waals surface area contributed by atoms with Gasteiger partial charge >= 0.3 is 0 Å². The van der Waals surface area contributed by atoms with Crippen LogP contribution in [0, 0.1) is 16.7 Å². The van der Waals surface area contributed by atoms with Gasteiger partial charge in [-0.25, -0.2) is 0 Å². The number of hydrogen-bond donors (Lipinski definition) is 1. The van der Waals surface area contributed by atoms with Gasteiger partial charge in [-0.3, -0.25) is 4.79 Å². The van der Waals surface area contributed by atoms with Gasteiger partial charge in [-0.1, -0.05) is 0 Å². The molecular weight excluding hydrogens is 202 g/mol. The van der Waals surface area contributed by atoms with E-state index in [-0.39, 0.29) is 11.3 Å². The fourth-order valence-corrected chi connectivity index (χ4v) is 1.84. The van der Waals surface area contributed by atoms with Crippen LogP contribution in [0.5, 0.6) is 0 Å². The molecule has 0 saturated carbocycles. The maximum Gasteiger partial charge on any atom is 0.219 e. The summed E-state index contributed by atoms with van der Waals surface area (Å²) in [6, 6.07) is 2.73. The number of amides is 1. The maximum atomic E-state index is 11.1. The van der Waals surface area contributed by atoms with Crippen molar-refractivity contribution in [1.82, 2.24) is 10.2 Å². The first kappa shape index (κ1) is 13.0. The van der Waals surface area contributed by atoms with Crippen LogP contribution in [0.4, 0.5) is 0 Å². The van der Waals surface area contributed by atoms with E-state index in [0.717, 1.165) is 25.9 Å². The summed E-state index contributed by atoms with van der Waals surface area (Å²) < 4.78 is 0. The molecule has 16 heavy (non-hydrogen) atoms. The Morgan fingerprint density at radius 2 is 2.06 bits per heavy atom. The molecule has 1 saturated heterocycles. The van der Waals surface area contributed by atoms with Crippen molar-refractivity contribution in [3.63, 3.8) is 0 Å². The first-order chi connectivity index (χ1) is 7.44. The average Bonchev–Trinajstić information content (AvgIpc) is 2.27. The molecule has 0 aromatic carbocycles. The highest BCUT2D eigenvalue weighted by Crippen LogP contribution is 2.14. The fraction of sp³-hybridized carbons (Fsp3) is 0.833. The number of carbonyl (C=O) groups is 1. The number of nitrogens with zero attached hydrogens (tertiary/aromatic N) is 2. The highest BCUT2D eigenvalue weighted by atomic mass is 16.2. The quantitative estimate of drug-likeness (QED) is 0.780. The maximum absolute atomic E-state index is 11.1. The van der Waals surface area contributed by atoms with E-state index in [1.807, 2.05) is 18.7 Å². The number of likely N-dealkylation sites (tertiary alicyclic amines) is 1. The fourth-order valence-electron chi connectivity index (χ4n) is 1.84. The van der Waals surface area contributed by atoms with Crippen molar-refractivity contribution in [2.24, 2.45) is 5.41 Å². The number of rotatable bonds is 3. The molecule has 1 rings (SSSR count). The second kappa shape index (κ2) is 5.31. The predicted molar refractivity (Wildman–Crippen MR) is 62.7 cm³/mol. The Labute approximate surface area is 97.6 Å². The zero-order valence-electron chi connectivity index (χ0n) is 10.4. The summed E-state index contributed by atoms with van der Waals surface area (Å²) in [5.41, 5.74) is -0.308. The van der Waals surface area contributed by atoms with E-state index in [4.69, 9.17) is 5.26 Å². The van der Waals surface area contributed by atoms with Gasteiger partial charge in [0.15, 0.2) is 0 Å². The van der Waals surface area contributed by atoms with E-state index < -0.39 is 0 Å². The number of nitrogens with one attached hydrogen (secondary N) is 1. The Kier molecular flexibility index (Phi) is 4.31. The van der Waals surface area contributed by atoms with Gasteiger partial charge in [0, 0.05) is 32.6 Å². The van der Waals surface area contributed by atoms with Gasteiger partial charge in [-0.2, -0.15) is 5.26 Å². The zero-order valence-corrected chi connectivity index (χ0v) is 10.4. The lowest BCUT2D eigenvalue weighted by atomic mass is 9.94. The molecule has 1 aliphatic rings. The molecule has 4 nitrogen and oxygen atoms in total. The predicted octanol–water partition coefficient (Wildman–Crippen LogP) is 1.14. The number of nitriles is 1. The second-order valence-electron chi connectivity index (χ2n) is 5.16. The highest BCUT2D eigenvalue weighted by molar-refractivity contribution is 5.73. The minimum absolute atomic E-state index is 0.163. The summed E-state index contributed by atoms with van der Waals surface area (Å²) >= 11 is 0. The lowest BCUT2D eigenvalue weighted by Gasteiger charge is -2.33. The molecule has 1 heterocycles. The van der Waals surface area contributed by atoms with Crippen LogP contribution in [0.25, 0.3) is 0 Å². The minimum Gasteiger partial charge on any atom is -0.343 e. The van der Waals surface area contributed by atoms with E-state index in [0.29, 0.717) is 12.6 Å². The summed E-state index contributed by atoms with van der Waals surface area (Å²) in [5, 5.41) is 12.3. The summed E-state index contributed by atoms with van der Waals surface area (Å²) in [4.78, 5) is 13.0. The average molecular weight is 223 g/mol. The molecular formula is C12H21N3O. The summed E-state index contributed by atoms with van der Waals surface area (Å²) in [6.07, 6.45) is 1.97. The molecule has 1 amide bonds. The molecule has 0 bridgehead atoms. The molecule has 0 aromatic rings. The Morgan fingerprint density at radius 3 is 2.50 bits per heavy atom. The first-order valence-electron chi connectivity index (χ1n) is 5.85. The van der Waals surface area contributed by atoms with Crippen LogP contribution < -0.4 is 5.32 Å². The third-order valence-corrected chi connectivity index (χ3v) is 3.08. The standard InChI is InChI=1S/C12H21N3O/c1-10(16)15-6-4-11(5-7-15)14-9-12(2,3)8-13/h11,14H,4-7,9H2,1-3H3. The molecule has 0 unspecified atom stereocenters.